The van der Waals surface area contributed by atoms with Crippen LogP contribution < -0.4 is 15.5 Å². The molecule has 0 aliphatic rings. The van der Waals surface area contributed by atoms with Gasteiger partial charge in [0.15, 0.2) is 0 Å². The molecular formula is C30H27N5O. The van der Waals surface area contributed by atoms with Gasteiger partial charge in [0.1, 0.15) is 5.82 Å². The van der Waals surface area contributed by atoms with Crippen LogP contribution in [-0.4, -0.2) is 30.0 Å². The molecule has 0 spiro atoms. The molecule has 3 aromatic carbocycles. The van der Waals surface area contributed by atoms with Gasteiger partial charge in [0.05, 0.1) is 16.8 Å². The van der Waals surface area contributed by atoms with E-state index in [2.05, 4.69) is 43.7 Å². The van der Waals surface area contributed by atoms with E-state index in [1.54, 1.807) is 24.5 Å². The summed E-state index contributed by atoms with van der Waals surface area (Å²) in [6.45, 7) is 0. The summed E-state index contributed by atoms with van der Waals surface area (Å²) in [5.74, 6) is 0.453. The lowest BCUT2D eigenvalue weighted by atomic mass is 10.0. The number of hydrogen-bond donors (Lipinski definition) is 2. The number of nitrogens with one attached hydrogen (secondary N) is 2. The van der Waals surface area contributed by atoms with Crippen LogP contribution in [0.2, 0.25) is 0 Å². The molecule has 6 nitrogen and oxygen atoms in total. The predicted octanol–water partition coefficient (Wildman–Crippen LogP) is 6.28. The first kappa shape index (κ1) is 23.1. The minimum atomic E-state index is -0.199. The second kappa shape index (κ2) is 10.3. The number of amides is 1. The third-order valence-electron chi connectivity index (χ3n) is 5.99. The van der Waals surface area contributed by atoms with Crippen LogP contribution in [0, 0.1) is 0 Å². The van der Waals surface area contributed by atoms with E-state index in [1.807, 2.05) is 74.8 Å². The number of benzene rings is 3. The van der Waals surface area contributed by atoms with Gasteiger partial charge in [-0.2, -0.15) is 0 Å². The zero-order valence-electron chi connectivity index (χ0n) is 20.3. The summed E-state index contributed by atoms with van der Waals surface area (Å²) in [4.78, 5) is 23.7. The number of anilines is 4. The Morgan fingerprint density at radius 2 is 1.61 bits per heavy atom. The van der Waals surface area contributed by atoms with E-state index in [1.165, 1.54) is 11.1 Å². The summed E-state index contributed by atoms with van der Waals surface area (Å²) >= 11 is 0. The Balaban J connectivity index is 1.25. The molecule has 0 bridgehead atoms. The Bertz CT molecular complexity index is 1480. The largest absolute Gasteiger partial charge is 0.378 e. The normalized spacial score (nSPS) is 10.7. The molecule has 5 rings (SSSR count). The Morgan fingerprint density at radius 3 is 2.33 bits per heavy atom. The molecule has 0 radical (unpaired) electrons. The highest BCUT2D eigenvalue weighted by atomic mass is 16.1. The van der Waals surface area contributed by atoms with Gasteiger partial charge >= 0.3 is 0 Å². The van der Waals surface area contributed by atoms with Crippen molar-refractivity contribution < 1.29 is 4.79 Å². The number of hydrogen-bond acceptors (Lipinski definition) is 5. The minimum Gasteiger partial charge on any atom is -0.378 e. The van der Waals surface area contributed by atoms with Crippen LogP contribution in [0.1, 0.15) is 21.5 Å². The lowest BCUT2D eigenvalue weighted by Crippen LogP contribution is -2.12. The molecule has 2 N–H and O–H groups in total. The highest BCUT2D eigenvalue weighted by molar-refractivity contribution is 6.04. The standard InChI is InChI=1S/C30H27N5O/c1-35(2)25-13-14-27-26(19-25)28(16-17-31-27)34-29-15-10-23(20-32-29)30(36)33-24-11-8-22(9-12-24)18-21-6-4-3-5-7-21/h3-17,19-20H,18H2,1-2H3,(H,33,36)(H,31,32,34). The predicted molar refractivity (Wildman–Crippen MR) is 147 cm³/mol. The Labute approximate surface area is 210 Å². The maximum Gasteiger partial charge on any atom is 0.257 e. The maximum atomic E-state index is 12.8. The number of aromatic nitrogens is 2. The van der Waals surface area contributed by atoms with Crippen molar-refractivity contribution in [2.24, 2.45) is 0 Å². The number of carbonyl (C=O) groups is 1. The molecule has 0 aliphatic carbocycles. The summed E-state index contributed by atoms with van der Waals surface area (Å²) in [5.41, 5.74) is 6.58. The summed E-state index contributed by atoms with van der Waals surface area (Å²) in [5, 5.41) is 7.30. The second-order valence-electron chi connectivity index (χ2n) is 8.82. The Morgan fingerprint density at radius 1 is 0.833 bits per heavy atom. The van der Waals surface area contributed by atoms with Gasteiger partial charge in [-0.25, -0.2) is 4.98 Å². The van der Waals surface area contributed by atoms with Gasteiger partial charge in [-0.15, -0.1) is 0 Å². The average molecular weight is 474 g/mol. The summed E-state index contributed by atoms with van der Waals surface area (Å²) in [6.07, 6.45) is 4.21. The molecule has 6 heteroatoms. The fourth-order valence-corrected chi connectivity index (χ4v) is 4.00. The quantitative estimate of drug-likeness (QED) is 0.291. The molecule has 2 heterocycles. The van der Waals surface area contributed by atoms with Gasteiger partial charge in [-0.05, 0) is 66.1 Å². The van der Waals surface area contributed by atoms with Crippen LogP contribution in [0.25, 0.3) is 10.9 Å². The van der Waals surface area contributed by atoms with Crippen molar-refractivity contribution in [2.45, 2.75) is 6.42 Å². The van der Waals surface area contributed by atoms with Crippen LogP contribution in [0.3, 0.4) is 0 Å². The van der Waals surface area contributed by atoms with E-state index in [0.29, 0.717) is 11.4 Å². The first-order valence-electron chi connectivity index (χ1n) is 11.8. The third-order valence-corrected chi connectivity index (χ3v) is 5.99. The molecule has 0 fully saturated rings. The van der Waals surface area contributed by atoms with E-state index in [9.17, 15) is 4.79 Å². The van der Waals surface area contributed by atoms with Crippen molar-refractivity contribution in [3.63, 3.8) is 0 Å². The minimum absolute atomic E-state index is 0.199. The van der Waals surface area contributed by atoms with E-state index >= 15 is 0 Å². The monoisotopic (exact) mass is 473 g/mol. The molecule has 0 aliphatic heterocycles. The number of fused-ring (bicyclic) bond motifs is 1. The SMILES string of the molecule is CN(C)c1ccc2nccc(Nc3ccc(C(=O)Nc4ccc(Cc5ccccc5)cc4)cn3)c2c1. The zero-order valence-corrected chi connectivity index (χ0v) is 20.3. The lowest BCUT2D eigenvalue weighted by Gasteiger charge is -2.15. The Hall–Kier alpha value is -4.71. The maximum absolute atomic E-state index is 12.8. The number of nitrogens with zero attached hydrogens (tertiary/aromatic N) is 3. The molecule has 1 amide bonds. The van der Waals surface area contributed by atoms with Gasteiger partial charge in [-0.3, -0.25) is 9.78 Å². The summed E-state index contributed by atoms with van der Waals surface area (Å²) < 4.78 is 0. The molecule has 0 saturated carbocycles. The van der Waals surface area contributed by atoms with E-state index < -0.39 is 0 Å². The van der Waals surface area contributed by atoms with Crippen LogP contribution in [0.5, 0.6) is 0 Å². The summed E-state index contributed by atoms with van der Waals surface area (Å²) in [7, 11) is 4.02. The van der Waals surface area contributed by atoms with Gasteiger partial charge in [-0.1, -0.05) is 42.5 Å². The molecule has 5 aromatic rings. The van der Waals surface area contributed by atoms with Crippen LogP contribution in [0.4, 0.5) is 22.9 Å². The van der Waals surface area contributed by atoms with Crippen LogP contribution in [-0.2, 0) is 6.42 Å². The summed E-state index contributed by atoms with van der Waals surface area (Å²) in [6, 6.07) is 29.9. The van der Waals surface area contributed by atoms with Crippen LogP contribution >= 0.6 is 0 Å². The van der Waals surface area contributed by atoms with Gasteiger partial charge in [0.2, 0.25) is 0 Å². The topological polar surface area (TPSA) is 70.2 Å². The van der Waals surface area contributed by atoms with Crippen molar-refractivity contribution in [3.05, 3.63) is 120 Å². The zero-order chi connectivity index (χ0) is 24.9. The van der Waals surface area contributed by atoms with Crippen molar-refractivity contribution in [3.8, 4) is 0 Å². The second-order valence-corrected chi connectivity index (χ2v) is 8.82. The Kier molecular flexibility index (Phi) is 6.58. The van der Waals surface area contributed by atoms with E-state index in [-0.39, 0.29) is 5.91 Å². The first-order chi connectivity index (χ1) is 17.5. The van der Waals surface area contributed by atoms with Crippen molar-refractivity contribution in [1.82, 2.24) is 9.97 Å². The molecular weight excluding hydrogens is 446 g/mol. The van der Waals surface area contributed by atoms with E-state index in [0.717, 1.165) is 34.4 Å². The van der Waals surface area contributed by atoms with Crippen molar-refractivity contribution in [2.75, 3.05) is 29.6 Å². The van der Waals surface area contributed by atoms with Gasteiger partial charge in [0, 0.05) is 43.3 Å². The molecule has 0 unspecified atom stereocenters. The fraction of sp³-hybridized carbons (Fsp3) is 0.100. The van der Waals surface area contributed by atoms with Crippen molar-refractivity contribution >= 4 is 39.7 Å². The highest BCUT2D eigenvalue weighted by Crippen LogP contribution is 2.28. The van der Waals surface area contributed by atoms with Crippen LogP contribution in [0.15, 0.2) is 103 Å². The van der Waals surface area contributed by atoms with Gasteiger partial charge in [0.25, 0.3) is 5.91 Å². The lowest BCUT2D eigenvalue weighted by molar-refractivity contribution is 0.102. The smallest absolute Gasteiger partial charge is 0.257 e. The molecule has 178 valence electrons. The molecule has 0 atom stereocenters. The first-order valence-corrected chi connectivity index (χ1v) is 11.8. The fourth-order valence-electron chi connectivity index (χ4n) is 4.00. The molecule has 2 aromatic heterocycles. The highest BCUT2D eigenvalue weighted by Gasteiger charge is 2.09. The average Bonchev–Trinajstić information content (AvgIpc) is 2.91. The van der Waals surface area contributed by atoms with E-state index in [4.69, 9.17) is 0 Å². The molecule has 36 heavy (non-hydrogen) atoms. The number of pyridine rings is 2. The third kappa shape index (κ3) is 5.33. The molecule has 0 saturated heterocycles. The number of carbonyl (C=O) groups excluding carboxylic acids is 1. The van der Waals surface area contributed by atoms with Crippen molar-refractivity contribution in [1.29, 1.82) is 0 Å². The number of rotatable bonds is 7. The van der Waals surface area contributed by atoms with Gasteiger partial charge < -0.3 is 15.5 Å².